The van der Waals surface area contributed by atoms with Gasteiger partial charge in [0.15, 0.2) is 0 Å². The highest BCUT2D eigenvalue weighted by Crippen LogP contribution is 2.26. The molecule has 0 spiro atoms. The number of aryl methyl sites for hydroxylation is 2. The van der Waals surface area contributed by atoms with Gasteiger partial charge in [-0.15, -0.1) is 0 Å². The summed E-state index contributed by atoms with van der Waals surface area (Å²) in [7, 11) is 0. The van der Waals surface area contributed by atoms with Crippen LogP contribution in [0.1, 0.15) is 23.1 Å². The van der Waals surface area contributed by atoms with Gasteiger partial charge in [0.2, 0.25) is 5.91 Å². The Morgan fingerprint density at radius 2 is 1.94 bits per heavy atom. The molecule has 2 aliphatic heterocycles. The van der Waals surface area contributed by atoms with E-state index in [-0.39, 0.29) is 5.91 Å². The van der Waals surface area contributed by atoms with Crippen LogP contribution in [-0.2, 0) is 11.3 Å². The van der Waals surface area contributed by atoms with Crippen molar-refractivity contribution >= 4 is 5.91 Å². The fourth-order valence-corrected chi connectivity index (χ4v) is 3.38. The third-order valence-electron chi connectivity index (χ3n) is 4.00. The Morgan fingerprint density at radius 3 is 2.61 bits per heavy atom. The number of hydrogen-bond acceptors (Lipinski definition) is 2. The highest BCUT2D eigenvalue weighted by atomic mass is 16.2. The Morgan fingerprint density at radius 1 is 1.22 bits per heavy atom. The van der Waals surface area contributed by atoms with E-state index in [2.05, 4.69) is 42.3 Å². The summed E-state index contributed by atoms with van der Waals surface area (Å²) in [6, 6.07) is 7.13. The first-order valence-corrected chi connectivity index (χ1v) is 6.69. The summed E-state index contributed by atoms with van der Waals surface area (Å²) >= 11 is 0. The molecule has 0 radical (unpaired) electrons. The van der Waals surface area contributed by atoms with Crippen molar-refractivity contribution in [2.45, 2.75) is 32.9 Å². The smallest absolute Gasteiger partial charge is 0.220 e. The molecule has 2 heterocycles. The first kappa shape index (κ1) is 11.7. The predicted octanol–water partition coefficient (Wildman–Crippen LogP) is 1.62. The summed E-state index contributed by atoms with van der Waals surface area (Å²) in [6.07, 6.45) is 0.716. The monoisotopic (exact) mass is 244 g/mol. The zero-order chi connectivity index (χ0) is 12.7. The fourth-order valence-electron chi connectivity index (χ4n) is 3.38. The van der Waals surface area contributed by atoms with Crippen molar-refractivity contribution in [3.63, 3.8) is 0 Å². The van der Waals surface area contributed by atoms with Crippen LogP contribution in [0.15, 0.2) is 18.2 Å². The summed E-state index contributed by atoms with van der Waals surface area (Å²) in [4.78, 5) is 13.7. The molecule has 2 atom stereocenters. The van der Waals surface area contributed by atoms with Gasteiger partial charge in [-0.2, -0.15) is 0 Å². The van der Waals surface area contributed by atoms with Gasteiger partial charge >= 0.3 is 0 Å². The van der Waals surface area contributed by atoms with Crippen molar-refractivity contribution in [2.75, 3.05) is 13.1 Å². The predicted molar refractivity (Wildman–Crippen MR) is 71.2 cm³/mol. The molecule has 0 aliphatic carbocycles. The molecule has 2 saturated heterocycles. The minimum absolute atomic E-state index is 0.232. The second-order valence-electron chi connectivity index (χ2n) is 5.83. The third-order valence-corrected chi connectivity index (χ3v) is 4.00. The van der Waals surface area contributed by atoms with Gasteiger partial charge in [0, 0.05) is 38.0 Å². The number of fused-ring (bicyclic) bond motifs is 1. The maximum Gasteiger partial charge on any atom is 0.220 e. The van der Waals surface area contributed by atoms with Crippen LogP contribution in [0.25, 0.3) is 0 Å². The molecule has 96 valence electrons. The summed E-state index contributed by atoms with van der Waals surface area (Å²) in [5.41, 5.74) is 4.05. The molecule has 2 aliphatic rings. The van der Waals surface area contributed by atoms with Crippen LogP contribution in [0.3, 0.4) is 0 Å². The maximum atomic E-state index is 11.3. The fraction of sp³-hybridized carbons (Fsp3) is 0.533. The molecule has 3 nitrogen and oxygen atoms in total. The maximum absolute atomic E-state index is 11.3. The second-order valence-corrected chi connectivity index (χ2v) is 5.83. The molecule has 0 unspecified atom stereocenters. The lowest BCUT2D eigenvalue weighted by molar-refractivity contribution is -0.119. The Kier molecular flexibility index (Phi) is 2.86. The Labute approximate surface area is 108 Å². The zero-order valence-electron chi connectivity index (χ0n) is 11.1. The van der Waals surface area contributed by atoms with E-state index in [1.54, 1.807) is 0 Å². The van der Waals surface area contributed by atoms with Crippen LogP contribution in [0, 0.1) is 19.8 Å². The SMILES string of the molecule is Cc1cc(C)cc(CN2C[C@@H]3CC(=O)N[C@@H]3C2)c1. The minimum atomic E-state index is 0.232. The number of nitrogens with one attached hydrogen (secondary N) is 1. The summed E-state index contributed by atoms with van der Waals surface area (Å²) in [5, 5.41) is 3.07. The van der Waals surface area contributed by atoms with Crippen molar-refractivity contribution in [3.8, 4) is 0 Å². The lowest BCUT2D eigenvalue weighted by atomic mass is 10.1. The third kappa shape index (κ3) is 2.27. The van der Waals surface area contributed by atoms with Crippen LogP contribution in [-0.4, -0.2) is 29.9 Å². The Bertz CT molecular complexity index is 447. The molecule has 1 aromatic rings. The average molecular weight is 244 g/mol. The van der Waals surface area contributed by atoms with Crippen molar-refractivity contribution < 1.29 is 4.79 Å². The van der Waals surface area contributed by atoms with Crippen LogP contribution in [0.4, 0.5) is 0 Å². The van der Waals surface area contributed by atoms with Gasteiger partial charge in [0.1, 0.15) is 0 Å². The lowest BCUT2D eigenvalue weighted by Gasteiger charge is -2.17. The standard InChI is InChI=1S/C15H20N2O/c1-10-3-11(2)5-12(4-10)7-17-8-13-6-15(18)16-14(13)9-17/h3-5,13-14H,6-9H2,1-2H3,(H,16,18)/t13-,14+/m0/s1. The average Bonchev–Trinajstić information content (AvgIpc) is 2.72. The first-order chi connectivity index (χ1) is 8.60. The van der Waals surface area contributed by atoms with Gasteiger partial charge in [0.05, 0.1) is 0 Å². The van der Waals surface area contributed by atoms with Gasteiger partial charge in [-0.05, 0) is 19.4 Å². The van der Waals surface area contributed by atoms with E-state index in [4.69, 9.17) is 0 Å². The number of benzene rings is 1. The highest BCUT2D eigenvalue weighted by molar-refractivity contribution is 5.79. The van der Waals surface area contributed by atoms with Crippen molar-refractivity contribution in [1.82, 2.24) is 10.2 Å². The topological polar surface area (TPSA) is 32.3 Å². The van der Waals surface area contributed by atoms with E-state index >= 15 is 0 Å². The number of hydrogen-bond donors (Lipinski definition) is 1. The van der Waals surface area contributed by atoms with Crippen LogP contribution < -0.4 is 5.32 Å². The van der Waals surface area contributed by atoms with Gasteiger partial charge < -0.3 is 5.32 Å². The van der Waals surface area contributed by atoms with E-state index in [0.29, 0.717) is 18.4 Å². The van der Waals surface area contributed by atoms with Crippen molar-refractivity contribution in [3.05, 3.63) is 34.9 Å². The first-order valence-electron chi connectivity index (χ1n) is 6.69. The Hall–Kier alpha value is -1.35. The normalized spacial score (nSPS) is 27.3. The van der Waals surface area contributed by atoms with E-state index in [1.807, 2.05) is 0 Å². The molecule has 3 rings (SSSR count). The van der Waals surface area contributed by atoms with Gasteiger partial charge in [0.25, 0.3) is 0 Å². The number of carbonyl (C=O) groups is 1. The molecule has 0 saturated carbocycles. The molecular weight excluding hydrogens is 224 g/mol. The quantitative estimate of drug-likeness (QED) is 0.857. The Balaban J connectivity index is 1.66. The number of nitrogens with zero attached hydrogens (tertiary/aromatic N) is 1. The summed E-state index contributed by atoms with van der Waals surface area (Å²) in [6.45, 7) is 7.36. The summed E-state index contributed by atoms with van der Waals surface area (Å²) in [5.74, 6) is 0.763. The largest absolute Gasteiger partial charge is 0.352 e. The van der Waals surface area contributed by atoms with Gasteiger partial charge in [-0.3, -0.25) is 9.69 Å². The van der Waals surface area contributed by atoms with Gasteiger partial charge in [-0.1, -0.05) is 29.3 Å². The molecule has 1 aromatic carbocycles. The molecule has 1 amide bonds. The van der Waals surface area contributed by atoms with Crippen molar-refractivity contribution in [2.24, 2.45) is 5.92 Å². The van der Waals surface area contributed by atoms with Gasteiger partial charge in [-0.25, -0.2) is 0 Å². The number of carbonyl (C=O) groups excluding carboxylic acids is 1. The van der Waals surface area contributed by atoms with Crippen LogP contribution >= 0.6 is 0 Å². The van der Waals surface area contributed by atoms with E-state index in [0.717, 1.165) is 19.6 Å². The molecule has 2 fully saturated rings. The molecule has 3 heteroatoms. The highest BCUT2D eigenvalue weighted by Gasteiger charge is 2.39. The number of amides is 1. The number of rotatable bonds is 2. The van der Waals surface area contributed by atoms with E-state index in [9.17, 15) is 4.79 Å². The molecular formula is C15H20N2O. The van der Waals surface area contributed by atoms with Crippen molar-refractivity contribution in [1.29, 1.82) is 0 Å². The summed E-state index contributed by atoms with van der Waals surface area (Å²) < 4.78 is 0. The number of likely N-dealkylation sites (tertiary alicyclic amines) is 1. The minimum Gasteiger partial charge on any atom is -0.352 e. The molecule has 0 aromatic heterocycles. The zero-order valence-corrected chi connectivity index (χ0v) is 11.1. The van der Waals surface area contributed by atoms with Crippen LogP contribution in [0.5, 0.6) is 0 Å². The second kappa shape index (κ2) is 4.39. The van der Waals surface area contributed by atoms with E-state index < -0.39 is 0 Å². The van der Waals surface area contributed by atoms with E-state index in [1.165, 1.54) is 16.7 Å². The molecule has 0 bridgehead atoms. The van der Waals surface area contributed by atoms with Crippen LogP contribution in [0.2, 0.25) is 0 Å². The molecule has 18 heavy (non-hydrogen) atoms. The lowest BCUT2D eigenvalue weighted by Crippen LogP contribution is -2.32. The molecule has 1 N–H and O–H groups in total.